The second-order valence-electron chi connectivity index (χ2n) is 7.20. The molecular weight excluding hydrogens is 390 g/mol. The molecule has 1 aromatic carbocycles. The van der Waals surface area contributed by atoms with Crippen LogP contribution in [0.3, 0.4) is 0 Å². The van der Waals surface area contributed by atoms with Gasteiger partial charge in [0.15, 0.2) is 0 Å². The van der Waals surface area contributed by atoms with Gasteiger partial charge in [0.25, 0.3) is 0 Å². The normalized spacial score (nSPS) is 16.0. The van der Waals surface area contributed by atoms with Crippen LogP contribution in [-0.4, -0.2) is 45.4 Å². The summed E-state index contributed by atoms with van der Waals surface area (Å²) in [7, 11) is -3.70. The summed E-state index contributed by atoms with van der Waals surface area (Å²) in [5, 5.41) is 0. The Bertz CT molecular complexity index is 937. The van der Waals surface area contributed by atoms with Crippen molar-refractivity contribution in [1.29, 1.82) is 0 Å². The number of furan rings is 1. The van der Waals surface area contributed by atoms with Crippen LogP contribution < -0.4 is 9.62 Å². The molecule has 0 aliphatic carbocycles. The highest BCUT2D eigenvalue weighted by molar-refractivity contribution is 7.89. The maximum Gasteiger partial charge on any atom is 0.240 e. The molecule has 0 saturated carbocycles. The predicted octanol–water partition coefficient (Wildman–Crippen LogP) is 3.08. The van der Waals surface area contributed by atoms with E-state index < -0.39 is 10.0 Å². The molecule has 7 nitrogen and oxygen atoms in total. The van der Waals surface area contributed by atoms with E-state index in [-0.39, 0.29) is 23.4 Å². The first-order valence-electron chi connectivity index (χ1n) is 10.1. The van der Waals surface area contributed by atoms with E-state index in [4.69, 9.17) is 4.42 Å². The van der Waals surface area contributed by atoms with Crippen LogP contribution >= 0.6 is 0 Å². The molecule has 0 spiro atoms. The van der Waals surface area contributed by atoms with Crippen LogP contribution in [0, 0.1) is 6.92 Å². The first-order chi connectivity index (χ1) is 13.9. The molecule has 3 rings (SSSR count). The molecule has 1 atom stereocenters. The molecule has 1 N–H and O–H groups in total. The number of aryl methyl sites for hydroxylation is 1. The Morgan fingerprint density at radius 1 is 1.24 bits per heavy atom. The van der Waals surface area contributed by atoms with Crippen molar-refractivity contribution in [3.05, 3.63) is 47.9 Å². The zero-order valence-electron chi connectivity index (χ0n) is 17.2. The Labute approximate surface area is 172 Å². The second kappa shape index (κ2) is 9.11. The number of likely N-dealkylation sites (N-methyl/N-ethyl adjacent to an activating group) is 1. The van der Waals surface area contributed by atoms with Gasteiger partial charge in [0.2, 0.25) is 15.9 Å². The summed E-state index contributed by atoms with van der Waals surface area (Å²) in [6, 6.07) is 8.55. The maximum atomic E-state index is 13.0. The first kappa shape index (κ1) is 21.5. The molecule has 158 valence electrons. The van der Waals surface area contributed by atoms with Crippen molar-refractivity contribution in [2.24, 2.45) is 0 Å². The smallest absolute Gasteiger partial charge is 0.240 e. The maximum absolute atomic E-state index is 13.0. The lowest BCUT2D eigenvalue weighted by Gasteiger charge is -2.28. The van der Waals surface area contributed by atoms with Gasteiger partial charge in [0.05, 0.1) is 17.2 Å². The standard InChI is InChI=1S/C21H29N3O4S/c1-4-23(5-2)18(19-8-7-13-28-19)15-22-29(26,27)20-11-10-17(14-16(20)3)24-12-6-9-21(24)25/h7-8,10-11,13-14,18,22H,4-6,9,12,15H2,1-3H3/t18-/m0/s1. The van der Waals surface area contributed by atoms with E-state index >= 15 is 0 Å². The van der Waals surface area contributed by atoms with Crippen molar-refractivity contribution in [3.63, 3.8) is 0 Å². The summed E-state index contributed by atoms with van der Waals surface area (Å²) in [6.07, 6.45) is 2.97. The molecule has 1 fully saturated rings. The number of benzene rings is 1. The number of carbonyl (C=O) groups excluding carboxylic acids is 1. The highest BCUT2D eigenvalue weighted by Crippen LogP contribution is 2.27. The highest BCUT2D eigenvalue weighted by Gasteiger charge is 2.26. The fraction of sp³-hybridized carbons (Fsp3) is 0.476. The average molecular weight is 420 g/mol. The molecule has 0 bridgehead atoms. The first-order valence-corrected chi connectivity index (χ1v) is 11.5. The summed E-state index contributed by atoms with van der Waals surface area (Å²) >= 11 is 0. The molecule has 1 aliphatic rings. The summed E-state index contributed by atoms with van der Waals surface area (Å²) in [5.74, 6) is 0.815. The lowest BCUT2D eigenvalue weighted by molar-refractivity contribution is -0.117. The van der Waals surface area contributed by atoms with Gasteiger partial charge in [-0.05, 0) is 62.3 Å². The van der Waals surface area contributed by atoms with Crippen molar-refractivity contribution in [2.45, 2.75) is 44.6 Å². The van der Waals surface area contributed by atoms with Crippen LogP contribution in [0.25, 0.3) is 0 Å². The minimum Gasteiger partial charge on any atom is -0.468 e. The quantitative estimate of drug-likeness (QED) is 0.675. The monoisotopic (exact) mass is 419 g/mol. The Morgan fingerprint density at radius 3 is 2.55 bits per heavy atom. The Kier molecular flexibility index (Phi) is 6.77. The van der Waals surface area contributed by atoms with E-state index in [0.29, 0.717) is 18.5 Å². The molecule has 0 unspecified atom stereocenters. The van der Waals surface area contributed by atoms with E-state index in [1.807, 2.05) is 26.0 Å². The number of hydrogen-bond acceptors (Lipinski definition) is 5. The molecule has 2 heterocycles. The Hall–Kier alpha value is -2.16. The van der Waals surface area contributed by atoms with Gasteiger partial charge < -0.3 is 9.32 Å². The van der Waals surface area contributed by atoms with E-state index in [0.717, 1.165) is 31.0 Å². The summed E-state index contributed by atoms with van der Waals surface area (Å²) in [6.45, 7) is 8.28. The molecule has 29 heavy (non-hydrogen) atoms. The van der Waals surface area contributed by atoms with E-state index in [2.05, 4.69) is 9.62 Å². The molecule has 8 heteroatoms. The van der Waals surface area contributed by atoms with Crippen LogP contribution in [0.2, 0.25) is 0 Å². The third-order valence-corrected chi connectivity index (χ3v) is 7.01. The average Bonchev–Trinajstić information content (AvgIpc) is 3.36. The van der Waals surface area contributed by atoms with E-state index in [1.165, 1.54) is 0 Å². The largest absolute Gasteiger partial charge is 0.468 e. The third-order valence-electron chi connectivity index (χ3n) is 5.42. The highest BCUT2D eigenvalue weighted by atomic mass is 32.2. The third kappa shape index (κ3) is 4.71. The van der Waals surface area contributed by atoms with Gasteiger partial charge in [-0.25, -0.2) is 13.1 Å². The number of rotatable bonds is 9. The number of nitrogens with one attached hydrogen (secondary N) is 1. The zero-order chi connectivity index (χ0) is 21.0. The zero-order valence-corrected chi connectivity index (χ0v) is 18.0. The molecular formula is C21H29N3O4S. The van der Waals surface area contributed by atoms with Crippen LogP contribution in [0.1, 0.15) is 44.1 Å². The molecule has 1 aromatic heterocycles. The molecule has 1 aliphatic heterocycles. The van der Waals surface area contributed by atoms with Crippen molar-refractivity contribution >= 4 is 21.6 Å². The fourth-order valence-electron chi connectivity index (χ4n) is 3.85. The van der Waals surface area contributed by atoms with Gasteiger partial charge in [-0.2, -0.15) is 0 Å². The number of carbonyl (C=O) groups is 1. The van der Waals surface area contributed by atoms with Crippen molar-refractivity contribution in [2.75, 3.05) is 31.1 Å². The minimum absolute atomic E-state index is 0.0821. The van der Waals surface area contributed by atoms with Crippen LogP contribution in [0.4, 0.5) is 5.69 Å². The number of nitrogens with zero attached hydrogens (tertiary/aromatic N) is 2. The van der Waals surface area contributed by atoms with Crippen LogP contribution in [0.15, 0.2) is 45.9 Å². The summed E-state index contributed by atoms with van der Waals surface area (Å²) in [4.78, 5) is 16.0. The van der Waals surface area contributed by atoms with Crippen LogP contribution in [-0.2, 0) is 14.8 Å². The summed E-state index contributed by atoms with van der Waals surface area (Å²) < 4.78 is 34.3. The van der Waals surface area contributed by atoms with E-state index in [1.54, 1.807) is 36.3 Å². The minimum atomic E-state index is -3.70. The molecule has 0 radical (unpaired) electrons. The second-order valence-corrected chi connectivity index (χ2v) is 8.94. The topological polar surface area (TPSA) is 82.9 Å². The fourth-order valence-corrected chi connectivity index (χ4v) is 5.11. The van der Waals surface area contributed by atoms with Crippen molar-refractivity contribution in [3.8, 4) is 0 Å². The number of hydrogen-bond donors (Lipinski definition) is 1. The van der Waals surface area contributed by atoms with Gasteiger partial charge in [0, 0.05) is 25.2 Å². The predicted molar refractivity (Wildman–Crippen MR) is 112 cm³/mol. The van der Waals surface area contributed by atoms with Crippen molar-refractivity contribution in [1.82, 2.24) is 9.62 Å². The van der Waals surface area contributed by atoms with Gasteiger partial charge in [-0.3, -0.25) is 9.69 Å². The Balaban J connectivity index is 1.78. The number of amides is 1. The number of anilines is 1. The van der Waals surface area contributed by atoms with Gasteiger partial charge in [-0.15, -0.1) is 0 Å². The van der Waals surface area contributed by atoms with Gasteiger partial charge >= 0.3 is 0 Å². The van der Waals surface area contributed by atoms with E-state index in [9.17, 15) is 13.2 Å². The van der Waals surface area contributed by atoms with Gasteiger partial charge in [0.1, 0.15) is 5.76 Å². The summed E-state index contributed by atoms with van der Waals surface area (Å²) in [5.41, 5.74) is 1.37. The lowest BCUT2D eigenvalue weighted by Crippen LogP contribution is -2.38. The molecule has 1 amide bonds. The number of sulfonamides is 1. The molecule has 2 aromatic rings. The van der Waals surface area contributed by atoms with Gasteiger partial charge in [-0.1, -0.05) is 13.8 Å². The Morgan fingerprint density at radius 2 is 2.00 bits per heavy atom. The lowest BCUT2D eigenvalue weighted by atomic mass is 10.2. The SMILES string of the molecule is CCN(CC)[C@@H](CNS(=O)(=O)c1ccc(N2CCCC2=O)cc1C)c1ccco1. The van der Waals surface area contributed by atoms with Crippen LogP contribution in [0.5, 0.6) is 0 Å². The molecule has 1 saturated heterocycles. The van der Waals surface area contributed by atoms with Crippen molar-refractivity contribution < 1.29 is 17.6 Å².